The zero-order valence-electron chi connectivity index (χ0n) is 22.0. The van der Waals surface area contributed by atoms with E-state index in [1.807, 2.05) is 0 Å². The summed E-state index contributed by atoms with van der Waals surface area (Å²) in [6, 6.07) is 0. The van der Waals surface area contributed by atoms with Gasteiger partial charge in [-0.1, -0.05) is 0 Å². The summed E-state index contributed by atoms with van der Waals surface area (Å²) in [6.07, 6.45) is -8.72. The van der Waals surface area contributed by atoms with E-state index in [1.165, 1.54) is 21.8 Å². The molecule has 236 valence electrons. The highest BCUT2D eigenvalue weighted by Crippen LogP contribution is 2.53. The van der Waals surface area contributed by atoms with Crippen molar-refractivity contribution in [2.24, 2.45) is 0 Å². The zero-order chi connectivity index (χ0) is 31.0. The number of nitrogen functional groups attached to an aromatic ring is 2. The summed E-state index contributed by atoms with van der Waals surface area (Å²) >= 11 is 0. The molecule has 0 spiro atoms. The molecule has 3 saturated heterocycles. The Bertz CT molecular complexity index is 1690. The van der Waals surface area contributed by atoms with E-state index in [9.17, 15) is 29.1 Å². The number of aliphatic hydroxyl groups is 2. The number of nitrogens with zero attached hydrogens (tertiary/aromatic N) is 8. The predicted octanol–water partition coefficient (Wildman–Crippen LogP) is -1.63. The normalized spacial score (nSPS) is 38.3. The molecule has 0 bridgehead atoms. The van der Waals surface area contributed by atoms with Gasteiger partial charge in [0.15, 0.2) is 54.1 Å². The van der Waals surface area contributed by atoms with Crippen LogP contribution in [-0.4, -0.2) is 109 Å². The summed E-state index contributed by atoms with van der Waals surface area (Å²) in [7, 11) is -9.75. The number of rotatable bonds is 2. The van der Waals surface area contributed by atoms with E-state index in [2.05, 4.69) is 29.9 Å². The first-order chi connectivity index (χ1) is 20.9. The molecule has 8 N–H and O–H groups in total. The first-order valence-corrected chi connectivity index (χ1v) is 16.0. The second-order valence-electron chi connectivity index (χ2n) is 9.94. The number of ether oxygens (including phenoxy) is 3. The third-order valence-corrected chi connectivity index (χ3v) is 9.18. The topological polar surface area (TPSA) is 310 Å². The molecule has 22 nitrogen and oxygen atoms in total. The molecule has 44 heavy (non-hydrogen) atoms. The molecule has 0 amide bonds. The minimum Gasteiger partial charge on any atom is -0.386 e. The Morgan fingerprint density at radius 3 is 1.98 bits per heavy atom. The molecule has 0 aliphatic carbocycles. The molecule has 0 saturated carbocycles. The number of hydrogen-bond donors (Lipinski definition) is 6. The van der Waals surface area contributed by atoms with E-state index < -0.39 is 77.6 Å². The molecule has 3 aliphatic heterocycles. The number of aliphatic hydroxyl groups excluding tert-OH is 2. The van der Waals surface area contributed by atoms with Gasteiger partial charge in [0, 0.05) is 0 Å². The maximum absolute atomic E-state index is 13.2. The Hall–Kier alpha value is -3.24. The lowest BCUT2D eigenvalue weighted by Gasteiger charge is -2.28. The molecular formula is C20H24N10O12P2. The molecule has 3 fully saturated rings. The van der Waals surface area contributed by atoms with E-state index in [0.717, 1.165) is 12.7 Å². The van der Waals surface area contributed by atoms with Crippen LogP contribution < -0.4 is 11.5 Å². The molecule has 4 unspecified atom stereocenters. The number of phosphoric acid groups is 1. The van der Waals surface area contributed by atoms with Crippen LogP contribution in [0.4, 0.5) is 11.6 Å². The van der Waals surface area contributed by atoms with Gasteiger partial charge in [0.2, 0.25) is 0 Å². The van der Waals surface area contributed by atoms with Gasteiger partial charge in [-0.25, -0.2) is 34.5 Å². The Morgan fingerprint density at radius 1 is 0.795 bits per heavy atom. The monoisotopic (exact) mass is 658 g/mol. The fraction of sp³-hybridized carbons (Fsp3) is 0.500. The lowest BCUT2D eigenvalue weighted by Crippen LogP contribution is -2.38. The Balaban J connectivity index is 1.17. The van der Waals surface area contributed by atoms with E-state index in [1.54, 1.807) is 0 Å². The lowest BCUT2D eigenvalue weighted by molar-refractivity contribution is -0.168. The number of fused-ring (bicyclic) bond motifs is 4. The SMILES string of the molecule is Nc1ncnc2c1ncn2[C@@H]1O[C@@H]2OCP(=O)(O)OC3[C@@H](COP(=O)(O)OC2[C@@H]1O)O[C@@H](n1cnc2c(N)ncnc21)[C@H]3O. The maximum atomic E-state index is 13.2. The van der Waals surface area contributed by atoms with Crippen LogP contribution in [0.25, 0.3) is 22.3 Å². The molecule has 3 aliphatic rings. The van der Waals surface area contributed by atoms with Gasteiger partial charge in [-0.3, -0.25) is 27.3 Å². The summed E-state index contributed by atoms with van der Waals surface area (Å²) < 4.78 is 61.5. The predicted molar refractivity (Wildman–Crippen MR) is 141 cm³/mol. The fourth-order valence-corrected chi connectivity index (χ4v) is 7.13. The first-order valence-electron chi connectivity index (χ1n) is 12.7. The van der Waals surface area contributed by atoms with Crippen LogP contribution in [0.2, 0.25) is 0 Å². The average molecular weight is 658 g/mol. The van der Waals surface area contributed by atoms with Crippen LogP contribution in [0.5, 0.6) is 0 Å². The van der Waals surface area contributed by atoms with E-state index in [4.69, 9.17) is 39.2 Å². The number of aromatic nitrogens is 8. The Labute approximate surface area is 244 Å². The Kier molecular flexibility index (Phi) is 7.16. The largest absolute Gasteiger partial charge is 0.472 e. The second kappa shape index (κ2) is 10.7. The van der Waals surface area contributed by atoms with Crippen molar-refractivity contribution in [1.82, 2.24) is 39.0 Å². The molecule has 10 atom stereocenters. The number of phosphoric ester groups is 1. The quantitative estimate of drug-likeness (QED) is 0.132. The van der Waals surface area contributed by atoms with Crippen LogP contribution >= 0.6 is 15.4 Å². The van der Waals surface area contributed by atoms with Crippen molar-refractivity contribution in [2.45, 2.75) is 49.3 Å². The summed E-state index contributed by atoms with van der Waals surface area (Å²) in [5, 5.41) is 22.2. The first kappa shape index (κ1) is 29.5. The maximum Gasteiger partial charge on any atom is 0.472 e. The number of imidazole rings is 2. The lowest BCUT2D eigenvalue weighted by atomic mass is 10.1. The summed E-state index contributed by atoms with van der Waals surface area (Å²) in [6.45, 7) is -0.767. The molecule has 0 radical (unpaired) electrons. The van der Waals surface area contributed by atoms with Gasteiger partial charge in [0.1, 0.15) is 48.1 Å². The van der Waals surface area contributed by atoms with Crippen molar-refractivity contribution in [1.29, 1.82) is 0 Å². The van der Waals surface area contributed by atoms with Crippen molar-refractivity contribution in [3.05, 3.63) is 25.3 Å². The summed E-state index contributed by atoms with van der Waals surface area (Å²) in [5.41, 5.74) is 12.3. The molecule has 7 rings (SSSR count). The van der Waals surface area contributed by atoms with Gasteiger partial charge >= 0.3 is 15.4 Å². The highest BCUT2D eigenvalue weighted by Gasteiger charge is 2.54. The standard InChI is InChI=1S/C20H24N10O12P2/c21-14-8-16(25-2-23-14)29(4-27-8)18-10(31)12-7(39-18)1-38-44(35,36)42-13-11(32)19(40-20(13)37-6-43(33,34)41-12)30-5-28-9-15(22)24-3-26-17(9)30/h2-5,7,10-13,18-20,31-32H,1,6H2,(H,33,34)(H,35,36)(H2,21,23,25)(H2,22,24,26)/t7-,10+,11+,12?,13?,18-,19-,20+/m1/s1. The highest BCUT2D eigenvalue weighted by atomic mass is 31.2. The minimum atomic E-state index is -5.03. The van der Waals surface area contributed by atoms with E-state index in [-0.39, 0.29) is 34.0 Å². The molecule has 4 aromatic rings. The van der Waals surface area contributed by atoms with Crippen molar-refractivity contribution in [3.8, 4) is 0 Å². The van der Waals surface area contributed by atoms with Crippen molar-refractivity contribution >= 4 is 49.4 Å². The van der Waals surface area contributed by atoms with Crippen LogP contribution in [0, 0.1) is 0 Å². The summed E-state index contributed by atoms with van der Waals surface area (Å²) in [5.74, 6) is 0.0983. The van der Waals surface area contributed by atoms with Crippen molar-refractivity contribution in [3.63, 3.8) is 0 Å². The van der Waals surface area contributed by atoms with Crippen LogP contribution in [0.3, 0.4) is 0 Å². The average Bonchev–Trinajstić information content (AvgIpc) is 3.73. The van der Waals surface area contributed by atoms with Gasteiger partial charge < -0.3 is 45.7 Å². The van der Waals surface area contributed by atoms with Gasteiger partial charge in [-0.15, -0.1) is 0 Å². The van der Waals surface area contributed by atoms with E-state index >= 15 is 0 Å². The third-order valence-electron chi connectivity index (χ3n) is 7.15. The van der Waals surface area contributed by atoms with Crippen LogP contribution in [0.1, 0.15) is 12.5 Å². The second-order valence-corrected chi connectivity index (χ2v) is 13.1. The fourth-order valence-electron chi connectivity index (χ4n) is 5.16. The Morgan fingerprint density at radius 2 is 1.36 bits per heavy atom. The van der Waals surface area contributed by atoms with Gasteiger partial charge in [0.25, 0.3) is 0 Å². The molecule has 24 heteroatoms. The van der Waals surface area contributed by atoms with Gasteiger partial charge in [-0.05, 0) is 0 Å². The number of anilines is 2. The van der Waals surface area contributed by atoms with Crippen LogP contribution in [-0.2, 0) is 36.9 Å². The molecular weight excluding hydrogens is 634 g/mol. The zero-order valence-corrected chi connectivity index (χ0v) is 23.8. The van der Waals surface area contributed by atoms with Crippen LogP contribution in [0.15, 0.2) is 25.3 Å². The molecule has 4 aromatic heterocycles. The van der Waals surface area contributed by atoms with Gasteiger partial charge in [-0.2, -0.15) is 0 Å². The van der Waals surface area contributed by atoms with E-state index in [0.29, 0.717) is 0 Å². The number of nitrogens with two attached hydrogens (primary N) is 2. The smallest absolute Gasteiger partial charge is 0.386 e. The van der Waals surface area contributed by atoms with Gasteiger partial charge in [0.05, 0.1) is 19.3 Å². The molecule has 7 heterocycles. The van der Waals surface area contributed by atoms with Crippen molar-refractivity contribution < 1.29 is 56.9 Å². The minimum absolute atomic E-state index is 0.0441. The number of hydrogen-bond acceptors (Lipinski definition) is 18. The third kappa shape index (κ3) is 5.04. The molecule has 0 aromatic carbocycles. The highest BCUT2D eigenvalue weighted by molar-refractivity contribution is 7.52. The summed E-state index contributed by atoms with van der Waals surface area (Å²) in [4.78, 5) is 45.3. The van der Waals surface area contributed by atoms with Crippen molar-refractivity contribution in [2.75, 3.05) is 24.4 Å².